The Hall–Kier alpha value is -2.77. The Morgan fingerprint density at radius 2 is 0.805 bits per heavy atom. The van der Waals surface area contributed by atoms with E-state index in [1.165, 1.54) is 109 Å². The van der Waals surface area contributed by atoms with E-state index in [1.807, 2.05) is 6.08 Å². The summed E-state index contributed by atoms with van der Waals surface area (Å²) in [5.41, 5.74) is 0. The number of ether oxygens (including phenoxy) is 6. The third-order valence-electron chi connectivity index (χ3n) is 16.5. The summed E-state index contributed by atoms with van der Waals surface area (Å²) in [4.78, 5) is 13.4. The minimum atomic E-state index is -1.98. The van der Waals surface area contributed by atoms with Crippen LogP contribution in [0.15, 0.2) is 72.9 Å². The summed E-state index contributed by atoms with van der Waals surface area (Å²) in [6.45, 7) is 1.60. The van der Waals surface area contributed by atoms with Crippen molar-refractivity contribution in [3.05, 3.63) is 72.9 Å². The van der Waals surface area contributed by atoms with Gasteiger partial charge in [-0.25, -0.2) is 0 Å². The highest BCUT2D eigenvalue weighted by molar-refractivity contribution is 5.76. The average molecular weight is 1240 g/mol. The first-order chi connectivity index (χ1) is 42.3. The molecule has 12 N–H and O–H groups in total. The third kappa shape index (κ3) is 32.4. The molecule has 0 radical (unpaired) electrons. The van der Waals surface area contributed by atoms with Crippen molar-refractivity contribution in [2.45, 2.75) is 324 Å². The fraction of sp³-hybridized carbons (Fsp3) is 0.809. The van der Waals surface area contributed by atoms with E-state index >= 15 is 0 Å². The molecule has 504 valence electrons. The van der Waals surface area contributed by atoms with Gasteiger partial charge >= 0.3 is 0 Å². The molecular weight excluding hydrogens is 1120 g/mol. The molecule has 3 heterocycles. The van der Waals surface area contributed by atoms with Crippen LogP contribution in [0.4, 0.5) is 0 Å². The predicted octanol–water partition coefficient (Wildman–Crippen LogP) is 8.16. The first kappa shape index (κ1) is 78.5. The lowest BCUT2D eigenvalue weighted by molar-refractivity contribution is -0.379. The van der Waals surface area contributed by atoms with Crippen LogP contribution in [0.25, 0.3) is 0 Å². The molecule has 3 rings (SSSR count). The monoisotopic (exact) mass is 1240 g/mol. The molecule has 0 aromatic rings. The zero-order valence-electron chi connectivity index (χ0n) is 53.0. The highest BCUT2D eigenvalue weighted by Gasteiger charge is 2.53. The Morgan fingerprint density at radius 1 is 0.425 bits per heavy atom. The molecular formula is C68H119NO18. The van der Waals surface area contributed by atoms with E-state index in [0.29, 0.717) is 12.8 Å². The quantitative estimate of drug-likeness (QED) is 0.0202. The van der Waals surface area contributed by atoms with Gasteiger partial charge in [0.05, 0.1) is 38.6 Å². The van der Waals surface area contributed by atoms with Gasteiger partial charge in [-0.3, -0.25) is 4.79 Å². The van der Waals surface area contributed by atoms with E-state index in [-0.39, 0.29) is 18.9 Å². The number of nitrogens with one attached hydrogen (secondary N) is 1. The van der Waals surface area contributed by atoms with Gasteiger partial charge in [0.1, 0.15) is 73.2 Å². The van der Waals surface area contributed by atoms with Crippen LogP contribution in [0, 0.1) is 0 Å². The first-order valence-electron chi connectivity index (χ1n) is 33.7. The summed E-state index contributed by atoms with van der Waals surface area (Å²) < 4.78 is 34.3. The second-order valence-electron chi connectivity index (χ2n) is 23.9. The van der Waals surface area contributed by atoms with E-state index < -0.39 is 124 Å². The molecule has 0 saturated carbocycles. The number of carbonyl (C=O) groups excluding carboxylic acids is 1. The van der Waals surface area contributed by atoms with Crippen LogP contribution in [0.3, 0.4) is 0 Å². The van der Waals surface area contributed by atoms with Crippen molar-refractivity contribution in [1.82, 2.24) is 5.32 Å². The summed E-state index contributed by atoms with van der Waals surface area (Å²) in [5.74, 6) is -0.292. The fourth-order valence-electron chi connectivity index (χ4n) is 11.0. The van der Waals surface area contributed by atoms with Gasteiger partial charge in [-0.2, -0.15) is 0 Å². The smallest absolute Gasteiger partial charge is 0.220 e. The molecule has 3 aliphatic heterocycles. The Labute approximate surface area is 521 Å². The maximum Gasteiger partial charge on any atom is 0.220 e. The molecule has 1 amide bonds. The molecule has 0 spiro atoms. The van der Waals surface area contributed by atoms with Gasteiger partial charge in [0.2, 0.25) is 5.91 Å². The zero-order valence-corrected chi connectivity index (χ0v) is 53.0. The molecule has 17 unspecified atom stereocenters. The fourth-order valence-corrected chi connectivity index (χ4v) is 11.0. The van der Waals surface area contributed by atoms with Gasteiger partial charge in [-0.15, -0.1) is 0 Å². The summed E-state index contributed by atoms with van der Waals surface area (Å²) in [6.07, 6.45) is 34.4. The van der Waals surface area contributed by atoms with Gasteiger partial charge in [0.15, 0.2) is 18.9 Å². The van der Waals surface area contributed by atoms with Gasteiger partial charge in [0.25, 0.3) is 0 Å². The third-order valence-corrected chi connectivity index (χ3v) is 16.5. The van der Waals surface area contributed by atoms with Crippen LogP contribution in [0.1, 0.15) is 219 Å². The lowest BCUT2D eigenvalue weighted by Crippen LogP contribution is -2.66. The summed E-state index contributed by atoms with van der Waals surface area (Å²) in [7, 11) is 0. The van der Waals surface area contributed by atoms with Crippen LogP contribution < -0.4 is 5.32 Å². The van der Waals surface area contributed by atoms with E-state index in [0.717, 1.165) is 77.0 Å². The lowest BCUT2D eigenvalue weighted by Gasteiger charge is -2.48. The van der Waals surface area contributed by atoms with E-state index in [4.69, 9.17) is 28.4 Å². The molecule has 19 nitrogen and oxygen atoms in total. The average Bonchev–Trinajstić information content (AvgIpc) is 2.58. The van der Waals surface area contributed by atoms with Crippen molar-refractivity contribution < 1.29 is 89.4 Å². The maximum atomic E-state index is 13.4. The minimum Gasteiger partial charge on any atom is -0.394 e. The van der Waals surface area contributed by atoms with Crippen LogP contribution in [-0.4, -0.2) is 193 Å². The predicted molar refractivity (Wildman–Crippen MR) is 337 cm³/mol. The number of allylic oxidation sites excluding steroid dienone is 11. The summed E-state index contributed by atoms with van der Waals surface area (Å²) in [6, 6.07) is -0.996. The SMILES string of the molecule is CC/C=C\C/C=C\C/C=C\C/C=C\CCCCCCCCCCCCC(=O)NC(COC1OC(CO)C(OC2OC(CO)C(OC3OC(CO)C(O)C(O)C3O)C(O)C2O)C(O)C1O)C(O)/C=C/CC/C=C/CCCCCCCCCCCCCCC. The second-order valence-corrected chi connectivity index (χ2v) is 23.9. The van der Waals surface area contributed by atoms with Crippen molar-refractivity contribution in [3.63, 3.8) is 0 Å². The number of rotatable bonds is 50. The van der Waals surface area contributed by atoms with E-state index in [2.05, 4.69) is 79.9 Å². The molecule has 19 heteroatoms. The second kappa shape index (κ2) is 49.9. The van der Waals surface area contributed by atoms with Crippen LogP contribution in [0.2, 0.25) is 0 Å². The van der Waals surface area contributed by atoms with Crippen LogP contribution >= 0.6 is 0 Å². The number of unbranched alkanes of at least 4 members (excludes halogenated alkanes) is 24. The molecule has 0 aliphatic carbocycles. The van der Waals surface area contributed by atoms with Gasteiger partial charge in [-0.1, -0.05) is 215 Å². The number of hydrogen-bond acceptors (Lipinski definition) is 18. The number of carbonyl (C=O) groups is 1. The van der Waals surface area contributed by atoms with Crippen molar-refractivity contribution in [2.24, 2.45) is 0 Å². The zero-order chi connectivity index (χ0) is 63.3. The maximum absolute atomic E-state index is 13.4. The topological polar surface area (TPSA) is 307 Å². The van der Waals surface area contributed by atoms with Crippen molar-refractivity contribution in [2.75, 3.05) is 26.4 Å². The highest BCUT2D eigenvalue weighted by Crippen LogP contribution is 2.33. The van der Waals surface area contributed by atoms with E-state index in [1.54, 1.807) is 6.08 Å². The van der Waals surface area contributed by atoms with Gasteiger partial charge < -0.3 is 89.9 Å². The molecule has 0 bridgehead atoms. The number of aliphatic hydroxyl groups is 11. The standard InChI is InChI=1S/C68H119NO18/c1-3-5-7-9-11-13-15-17-19-21-23-24-25-26-28-30-32-34-36-38-40-42-44-46-56(74)69-51(52(73)45-43-41-39-37-35-33-31-29-27-22-20-18-16-14-12-10-8-6-4-2)50-82-66-62(80)59(77)64(54(48-71)84-66)87-68-63(81)60(78)65(55(49-72)85-68)86-67-61(79)58(76)57(75)53(47-70)83-67/h5,7,11,13,17,19,23-24,35,37,43,45,51-55,57-68,70-73,75-81H,3-4,6,8-10,12,14-16,18,20-22,25-34,36,38-42,44,46-50H2,1-2H3,(H,69,74)/b7-5-,13-11-,19-17-,24-23-,37-35+,45-43+. The van der Waals surface area contributed by atoms with E-state index in [9.17, 15) is 61.0 Å². The molecule has 0 aromatic carbocycles. The number of aliphatic hydroxyl groups excluding tert-OH is 11. The number of hydrogen-bond donors (Lipinski definition) is 12. The van der Waals surface area contributed by atoms with Crippen LogP contribution in [0.5, 0.6) is 0 Å². The van der Waals surface area contributed by atoms with Crippen LogP contribution in [-0.2, 0) is 33.2 Å². The lowest BCUT2D eigenvalue weighted by atomic mass is 9.96. The Kier molecular flexibility index (Phi) is 45.0. The normalized spacial score (nSPS) is 29.0. The first-order valence-corrected chi connectivity index (χ1v) is 33.7. The molecule has 3 fully saturated rings. The highest BCUT2D eigenvalue weighted by atomic mass is 16.8. The van der Waals surface area contributed by atoms with Gasteiger partial charge in [-0.05, 0) is 70.6 Å². The van der Waals surface area contributed by atoms with Crippen molar-refractivity contribution in [3.8, 4) is 0 Å². The molecule has 3 aliphatic rings. The molecule has 87 heavy (non-hydrogen) atoms. The largest absolute Gasteiger partial charge is 0.394 e. The molecule has 17 atom stereocenters. The minimum absolute atomic E-state index is 0.227. The molecule has 0 aromatic heterocycles. The van der Waals surface area contributed by atoms with Crippen molar-refractivity contribution in [1.29, 1.82) is 0 Å². The summed E-state index contributed by atoms with van der Waals surface area (Å²) >= 11 is 0. The Balaban J connectivity index is 1.47. The molecule has 3 saturated heterocycles. The van der Waals surface area contributed by atoms with Gasteiger partial charge in [0, 0.05) is 6.42 Å². The number of amides is 1. The Morgan fingerprint density at radius 3 is 1.29 bits per heavy atom. The summed E-state index contributed by atoms with van der Waals surface area (Å²) in [5, 5.41) is 120. The van der Waals surface area contributed by atoms with Crippen molar-refractivity contribution >= 4 is 5.91 Å². The Bertz CT molecular complexity index is 1860.